The smallest absolute Gasteiger partial charge is 0.226 e. The van der Waals surface area contributed by atoms with Crippen molar-refractivity contribution in [3.05, 3.63) is 70.0 Å². The minimum Gasteiger partial charge on any atom is -0.391 e. The van der Waals surface area contributed by atoms with Gasteiger partial charge in [0.25, 0.3) is 0 Å². The van der Waals surface area contributed by atoms with Crippen LogP contribution in [0.3, 0.4) is 0 Å². The summed E-state index contributed by atoms with van der Waals surface area (Å²) in [6, 6.07) is 14.9. The van der Waals surface area contributed by atoms with Crippen molar-refractivity contribution in [2.45, 2.75) is 57.6 Å². The first-order chi connectivity index (χ1) is 15.5. The third-order valence-corrected chi connectivity index (χ3v) is 6.58. The van der Waals surface area contributed by atoms with Crippen molar-refractivity contribution >= 4 is 29.1 Å². The van der Waals surface area contributed by atoms with Crippen LogP contribution >= 0.6 is 23.2 Å². The number of carbonyl (C=O) groups is 1. The number of benzene rings is 2. The van der Waals surface area contributed by atoms with Crippen LogP contribution in [0.4, 0.5) is 0 Å². The summed E-state index contributed by atoms with van der Waals surface area (Å²) in [5, 5.41) is 14.5. The molecule has 7 heteroatoms. The molecule has 1 heterocycles. The number of imidazole rings is 1. The Bertz CT molecular complexity index is 1100. The van der Waals surface area contributed by atoms with Gasteiger partial charge in [-0.05, 0) is 55.7 Å². The Morgan fingerprint density at radius 1 is 1.12 bits per heavy atom. The van der Waals surface area contributed by atoms with Crippen LogP contribution in [0, 0.1) is 0 Å². The predicted molar refractivity (Wildman–Crippen MR) is 129 cm³/mol. The van der Waals surface area contributed by atoms with E-state index in [2.05, 4.69) is 9.88 Å². The van der Waals surface area contributed by atoms with Crippen molar-refractivity contribution in [1.82, 2.24) is 14.9 Å². The van der Waals surface area contributed by atoms with Crippen molar-refractivity contribution in [2.24, 2.45) is 0 Å². The average Bonchev–Trinajstić information content (AvgIpc) is 3.14. The molecule has 1 aliphatic carbocycles. The highest BCUT2D eigenvalue weighted by molar-refractivity contribution is 6.33. The van der Waals surface area contributed by atoms with Crippen LogP contribution < -0.4 is 5.32 Å². The number of aliphatic hydroxyl groups excluding tert-OH is 1. The van der Waals surface area contributed by atoms with Crippen LogP contribution in [-0.2, 0) is 17.6 Å². The van der Waals surface area contributed by atoms with E-state index in [4.69, 9.17) is 28.2 Å². The van der Waals surface area contributed by atoms with Crippen LogP contribution in [0.1, 0.15) is 44.0 Å². The van der Waals surface area contributed by atoms with Gasteiger partial charge in [-0.15, -0.1) is 0 Å². The number of nitrogens with zero attached hydrogens (tertiary/aromatic N) is 2. The highest BCUT2D eigenvalue weighted by atomic mass is 35.5. The lowest BCUT2D eigenvalue weighted by atomic mass is 9.92. The molecule has 2 N–H and O–H groups in total. The van der Waals surface area contributed by atoms with Gasteiger partial charge in [0.15, 0.2) is 0 Å². The van der Waals surface area contributed by atoms with Gasteiger partial charge in [-0.1, -0.05) is 55.1 Å². The molecule has 0 saturated heterocycles. The van der Waals surface area contributed by atoms with Gasteiger partial charge in [0.05, 0.1) is 29.3 Å². The molecule has 1 aliphatic rings. The Kier molecular flexibility index (Phi) is 7.19. The quantitative estimate of drug-likeness (QED) is 0.507. The maximum atomic E-state index is 12.9. The fourth-order valence-electron chi connectivity index (χ4n) is 4.38. The molecule has 0 unspecified atom stereocenters. The van der Waals surface area contributed by atoms with Gasteiger partial charge in [0, 0.05) is 22.0 Å². The molecule has 168 valence electrons. The molecule has 5 nitrogen and oxygen atoms in total. The van der Waals surface area contributed by atoms with E-state index < -0.39 is 6.10 Å². The maximum Gasteiger partial charge on any atom is 0.226 e. The van der Waals surface area contributed by atoms with Crippen LogP contribution in [-0.4, -0.2) is 32.7 Å². The zero-order valence-electron chi connectivity index (χ0n) is 18.0. The zero-order valence-corrected chi connectivity index (χ0v) is 19.5. The second-order valence-corrected chi connectivity index (χ2v) is 9.02. The van der Waals surface area contributed by atoms with Crippen LogP contribution in [0.5, 0.6) is 0 Å². The molecule has 0 spiro atoms. The molecule has 1 aromatic heterocycles. The first kappa shape index (κ1) is 22.8. The number of hydrogen-bond acceptors (Lipinski definition) is 3. The molecule has 0 aliphatic heterocycles. The number of carbonyl (C=O) groups excluding carboxylic acids is 1. The van der Waals surface area contributed by atoms with E-state index in [-0.39, 0.29) is 18.4 Å². The second kappa shape index (κ2) is 10.1. The largest absolute Gasteiger partial charge is 0.391 e. The lowest BCUT2D eigenvalue weighted by Crippen LogP contribution is -2.45. The van der Waals surface area contributed by atoms with E-state index in [0.717, 1.165) is 42.6 Å². The highest BCUT2D eigenvalue weighted by Gasteiger charge is 2.26. The Balaban J connectivity index is 1.73. The summed E-state index contributed by atoms with van der Waals surface area (Å²) in [6.07, 6.45) is 3.90. The van der Waals surface area contributed by atoms with Gasteiger partial charge in [-0.2, -0.15) is 0 Å². The van der Waals surface area contributed by atoms with Gasteiger partial charge in [-0.25, -0.2) is 4.98 Å². The average molecular weight is 472 g/mol. The standard InChI is InChI=1S/C25H27Cl2N3O2/c1-2-22-21(15-24(32)28-20-9-5-6-10-23(20)31)29-25(18-7-3-4-8-19(18)27)30(22)17-13-11-16(26)12-14-17/h3-4,7-8,11-14,20,23,31H,2,5-6,9-10,15H2,1H3,(H,28,32)/t20-,23-/m0/s1. The topological polar surface area (TPSA) is 67.2 Å². The SMILES string of the molecule is CCc1c(CC(=O)N[C@H]2CCCC[C@@H]2O)nc(-c2ccccc2Cl)n1-c1ccc(Cl)cc1. The first-order valence-corrected chi connectivity index (χ1v) is 11.8. The molecule has 2 aromatic carbocycles. The van der Waals surface area contributed by atoms with Crippen LogP contribution in [0.25, 0.3) is 17.1 Å². The third kappa shape index (κ3) is 4.85. The summed E-state index contributed by atoms with van der Waals surface area (Å²) in [5.41, 5.74) is 3.36. The number of halogens is 2. The van der Waals surface area contributed by atoms with E-state index in [0.29, 0.717) is 28.0 Å². The Morgan fingerprint density at radius 2 is 1.84 bits per heavy atom. The molecule has 1 amide bonds. The number of aliphatic hydroxyl groups is 1. The van der Waals surface area contributed by atoms with Crippen molar-refractivity contribution in [1.29, 1.82) is 0 Å². The van der Waals surface area contributed by atoms with Gasteiger partial charge < -0.3 is 10.4 Å². The van der Waals surface area contributed by atoms with Gasteiger partial charge >= 0.3 is 0 Å². The molecule has 4 rings (SSSR count). The maximum absolute atomic E-state index is 12.9. The lowest BCUT2D eigenvalue weighted by Gasteiger charge is -2.28. The Hall–Kier alpha value is -2.34. The van der Waals surface area contributed by atoms with Gasteiger partial charge in [0.2, 0.25) is 5.91 Å². The highest BCUT2D eigenvalue weighted by Crippen LogP contribution is 2.32. The Morgan fingerprint density at radius 3 is 2.53 bits per heavy atom. The summed E-state index contributed by atoms with van der Waals surface area (Å²) < 4.78 is 2.05. The van der Waals surface area contributed by atoms with Gasteiger partial charge in [0.1, 0.15) is 5.82 Å². The van der Waals surface area contributed by atoms with E-state index in [9.17, 15) is 9.90 Å². The summed E-state index contributed by atoms with van der Waals surface area (Å²) in [6.45, 7) is 2.05. The third-order valence-electron chi connectivity index (χ3n) is 5.99. The number of hydrogen-bond donors (Lipinski definition) is 2. The van der Waals surface area contributed by atoms with Crippen molar-refractivity contribution in [2.75, 3.05) is 0 Å². The fraction of sp³-hybridized carbons (Fsp3) is 0.360. The molecule has 32 heavy (non-hydrogen) atoms. The molecule has 3 aromatic rings. The molecular weight excluding hydrogens is 445 g/mol. The number of nitrogens with one attached hydrogen (secondary N) is 1. The molecule has 1 fully saturated rings. The number of rotatable bonds is 6. The van der Waals surface area contributed by atoms with Crippen molar-refractivity contribution in [3.63, 3.8) is 0 Å². The lowest BCUT2D eigenvalue weighted by molar-refractivity contribution is -0.122. The predicted octanol–water partition coefficient (Wildman–Crippen LogP) is 5.37. The summed E-state index contributed by atoms with van der Waals surface area (Å²) in [5.74, 6) is 0.562. The monoisotopic (exact) mass is 471 g/mol. The fourth-order valence-corrected chi connectivity index (χ4v) is 4.73. The minimum absolute atomic E-state index is 0.128. The molecule has 0 bridgehead atoms. The number of aromatic nitrogens is 2. The summed E-state index contributed by atoms with van der Waals surface area (Å²) >= 11 is 12.6. The first-order valence-electron chi connectivity index (χ1n) is 11.1. The van der Waals surface area contributed by atoms with E-state index >= 15 is 0 Å². The number of amides is 1. The summed E-state index contributed by atoms with van der Waals surface area (Å²) in [4.78, 5) is 17.8. The molecule has 2 atom stereocenters. The second-order valence-electron chi connectivity index (χ2n) is 8.18. The van der Waals surface area contributed by atoms with Gasteiger partial charge in [-0.3, -0.25) is 9.36 Å². The summed E-state index contributed by atoms with van der Waals surface area (Å²) in [7, 11) is 0. The van der Waals surface area contributed by atoms with E-state index in [1.54, 1.807) is 0 Å². The van der Waals surface area contributed by atoms with Crippen LogP contribution in [0.15, 0.2) is 48.5 Å². The van der Waals surface area contributed by atoms with Crippen molar-refractivity contribution < 1.29 is 9.90 Å². The van der Waals surface area contributed by atoms with Crippen LogP contribution in [0.2, 0.25) is 10.0 Å². The normalized spacial score (nSPS) is 18.5. The van der Waals surface area contributed by atoms with E-state index in [1.807, 2.05) is 55.5 Å². The Labute approximate surface area is 198 Å². The molecule has 1 saturated carbocycles. The molecule has 0 radical (unpaired) electrons. The molecular formula is C25H27Cl2N3O2. The minimum atomic E-state index is -0.483. The van der Waals surface area contributed by atoms with E-state index in [1.165, 1.54) is 0 Å². The van der Waals surface area contributed by atoms with Crippen molar-refractivity contribution in [3.8, 4) is 17.1 Å². The zero-order chi connectivity index (χ0) is 22.7.